The summed E-state index contributed by atoms with van der Waals surface area (Å²) in [5, 5.41) is 22.2. The number of fused-ring (bicyclic) bond motifs is 1. The third kappa shape index (κ3) is 5.66. The molecule has 1 amide bonds. The van der Waals surface area contributed by atoms with E-state index in [1.807, 2.05) is 30.3 Å². The van der Waals surface area contributed by atoms with Crippen molar-refractivity contribution in [2.75, 3.05) is 6.54 Å². The third-order valence-electron chi connectivity index (χ3n) is 5.96. The molecule has 2 aromatic carbocycles. The SMILES string of the molecule is O=C(O)CCNC(=O)c1ncc2c(cc(-c3ccc(C(F)(F)F)cc3)c(=O)n2CCc2ccccc2)c1O. The van der Waals surface area contributed by atoms with Gasteiger partial charge in [0, 0.05) is 24.0 Å². The van der Waals surface area contributed by atoms with Gasteiger partial charge < -0.3 is 20.1 Å². The van der Waals surface area contributed by atoms with Crippen molar-refractivity contribution in [1.82, 2.24) is 14.9 Å². The zero-order valence-electron chi connectivity index (χ0n) is 19.8. The number of hydrogen-bond donors (Lipinski definition) is 3. The lowest BCUT2D eigenvalue weighted by Gasteiger charge is -2.16. The van der Waals surface area contributed by atoms with Crippen LogP contribution < -0.4 is 10.9 Å². The van der Waals surface area contributed by atoms with E-state index in [4.69, 9.17) is 5.11 Å². The number of carboxylic acids is 1. The van der Waals surface area contributed by atoms with E-state index >= 15 is 0 Å². The molecule has 196 valence electrons. The van der Waals surface area contributed by atoms with E-state index in [1.54, 1.807) is 0 Å². The number of aromatic nitrogens is 2. The molecule has 3 N–H and O–H groups in total. The Morgan fingerprint density at radius 1 is 1.03 bits per heavy atom. The monoisotopic (exact) mass is 525 g/mol. The molecule has 0 bridgehead atoms. The van der Waals surface area contributed by atoms with E-state index < -0.39 is 34.9 Å². The smallest absolute Gasteiger partial charge is 0.416 e. The average molecular weight is 525 g/mol. The van der Waals surface area contributed by atoms with Crippen LogP contribution in [-0.4, -0.2) is 38.2 Å². The molecule has 0 unspecified atom stereocenters. The van der Waals surface area contributed by atoms with Crippen LogP contribution in [0.2, 0.25) is 0 Å². The predicted octanol–water partition coefficient (Wildman–Crippen LogP) is 4.24. The molecule has 0 aliphatic carbocycles. The van der Waals surface area contributed by atoms with Gasteiger partial charge in [-0.15, -0.1) is 0 Å². The summed E-state index contributed by atoms with van der Waals surface area (Å²) in [6.45, 7) is -0.0280. The van der Waals surface area contributed by atoms with Crippen LogP contribution >= 0.6 is 0 Å². The minimum atomic E-state index is -4.55. The minimum absolute atomic E-state index is 0.0259. The molecule has 2 aromatic heterocycles. The second-order valence-corrected chi connectivity index (χ2v) is 8.48. The van der Waals surface area contributed by atoms with Gasteiger partial charge in [-0.3, -0.25) is 14.4 Å². The summed E-state index contributed by atoms with van der Waals surface area (Å²) < 4.78 is 40.5. The number of aryl methyl sites for hydroxylation is 2. The van der Waals surface area contributed by atoms with Gasteiger partial charge in [0.2, 0.25) is 0 Å². The number of benzene rings is 2. The number of hydrogen-bond acceptors (Lipinski definition) is 5. The van der Waals surface area contributed by atoms with Crippen molar-refractivity contribution >= 4 is 22.8 Å². The molecule has 0 saturated heterocycles. The maximum Gasteiger partial charge on any atom is 0.416 e. The van der Waals surface area contributed by atoms with Gasteiger partial charge in [0.05, 0.1) is 23.7 Å². The molecule has 11 heteroatoms. The number of halogens is 3. The van der Waals surface area contributed by atoms with Gasteiger partial charge in [0.15, 0.2) is 11.4 Å². The fraction of sp³-hybridized carbons (Fsp3) is 0.185. The van der Waals surface area contributed by atoms with Crippen molar-refractivity contribution in [3.63, 3.8) is 0 Å². The Morgan fingerprint density at radius 3 is 2.34 bits per heavy atom. The van der Waals surface area contributed by atoms with Gasteiger partial charge >= 0.3 is 12.1 Å². The van der Waals surface area contributed by atoms with E-state index in [-0.39, 0.29) is 47.2 Å². The second kappa shape index (κ2) is 10.8. The summed E-state index contributed by atoms with van der Waals surface area (Å²) in [6, 6.07) is 14.7. The molecule has 0 aliphatic rings. The predicted molar refractivity (Wildman–Crippen MR) is 133 cm³/mol. The zero-order valence-corrected chi connectivity index (χ0v) is 19.8. The van der Waals surface area contributed by atoms with Crippen molar-refractivity contribution in [1.29, 1.82) is 0 Å². The highest BCUT2D eigenvalue weighted by molar-refractivity contribution is 6.01. The molecule has 4 rings (SSSR count). The Bertz CT molecular complexity index is 1550. The maximum atomic E-state index is 13.5. The number of nitrogens with one attached hydrogen (secondary N) is 1. The largest absolute Gasteiger partial charge is 0.505 e. The number of alkyl halides is 3. The molecule has 0 saturated carbocycles. The summed E-state index contributed by atoms with van der Waals surface area (Å²) in [5.41, 5.74) is -0.387. The van der Waals surface area contributed by atoms with Gasteiger partial charge in [-0.05, 0) is 35.7 Å². The number of aromatic hydroxyl groups is 1. The average Bonchev–Trinajstić information content (AvgIpc) is 2.88. The Morgan fingerprint density at radius 2 is 1.71 bits per heavy atom. The highest BCUT2D eigenvalue weighted by Crippen LogP contribution is 2.33. The zero-order chi connectivity index (χ0) is 27.4. The third-order valence-corrected chi connectivity index (χ3v) is 5.96. The molecule has 4 aromatic rings. The number of carbonyl (C=O) groups excluding carboxylic acids is 1. The molecule has 0 fully saturated rings. The number of carboxylic acid groups (broad SMARTS) is 1. The summed E-state index contributed by atoms with van der Waals surface area (Å²) in [4.78, 5) is 40.8. The highest BCUT2D eigenvalue weighted by Gasteiger charge is 2.30. The first kappa shape index (κ1) is 26.4. The number of carbonyl (C=O) groups is 2. The first-order valence-corrected chi connectivity index (χ1v) is 11.5. The second-order valence-electron chi connectivity index (χ2n) is 8.48. The molecule has 0 spiro atoms. The van der Waals surface area contributed by atoms with E-state index in [1.165, 1.54) is 29.0 Å². The van der Waals surface area contributed by atoms with Crippen LogP contribution in [0.5, 0.6) is 5.75 Å². The van der Waals surface area contributed by atoms with Gasteiger partial charge in [-0.2, -0.15) is 13.2 Å². The fourth-order valence-electron chi connectivity index (χ4n) is 4.01. The normalized spacial score (nSPS) is 11.4. The summed E-state index contributed by atoms with van der Waals surface area (Å²) in [5.74, 6) is -2.48. The van der Waals surface area contributed by atoms with E-state index in [9.17, 15) is 32.7 Å². The first-order chi connectivity index (χ1) is 18.1. The number of aliphatic carboxylic acids is 1. The van der Waals surface area contributed by atoms with Crippen LogP contribution in [0.3, 0.4) is 0 Å². The standard InChI is InChI=1S/C27H22F3N3O5/c28-27(29,30)18-8-6-17(7-9-18)19-14-20-21(33(26(19)38)13-11-16-4-2-1-3-5-16)15-32-23(24(20)36)25(37)31-12-10-22(34)35/h1-9,14-15,36H,10-13H2,(H,31,37)(H,34,35). The molecule has 8 nitrogen and oxygen atoms in total. The molecule has 0 radical (unpaired) electrons. The lowest BCUT2D eigenvalue weighted by atomic mass is 10.0. The van der Waals surface area contributed by atoms with Crippen molar-refractivity contribution in [2.24, 2.45) is 0 Å². The van der Waals surface area contributed by atoms with Crippen LogP contribution in [0.25, 0.3) is 22.0 Å². The molecule has 0 aliphatic heterocycles. The Kier molecular flexibility index (Phi) is 7.47. The Labute approximate surface area is 214 Å². The van der Waals surface area contributed by atoms with Crippen LogP contribution in [-0.2, 0) is 23.9 Å². The van der Waals surface area contributed by atoms with Crippen molar-refractivity contribution in [3.05, 3.63) is 94.0 Å². The minimum Gasteiger partial charge on any atom is -0.505 e. The molecule has 2 heterocycles. The van der Waals surface area contributed by atoms with Gasteiger partial charge in [0.1, 0.15) is 0 Å². The lowest BCUT2D eigenvalue weighted by molar-refractivity contribution is -0.138. The van der Waals surface area contributed by atoms with Gasteiger partial charge in [0.25, 0.3) is 11.5 Å². The summed E-state index contributed by atoms with van der Waals surface area (Å²) >= 11 is 0. The van der Waals surface area contributed by atoms with Crippen molar-refractivity contribution in [3.8, 4) is 16.9 Å². The molecule has 38 heavy (non-hydrogen) atoms. The fourth-order valence-corrected chi connectivity index (χ4v) is 4.01. The van der Waals surface area contributed by atoms with Crippen LogP contribution in [0, 0.1) is 0 Å². The van der Waals surface area contributed by atoms with E-state index in [0.717, 1.165) is 17.7 Å². The molecular weight excluding hydrogens is 503 g/mol. The van der Waals surface area contributed by atoms with Crippen molar-refractivity contribution in [2.45, 2.75) is 25.6 Å². The first-order valence-electron chi connectivity index (χ1n) is 11.5. The maximum absolute atomic E-state index is 13.5. The Balaban J connectivity index is 1.83. The van der Waals surface area contributed by atoms with E-state index in [2.05, 4.69) is 10.3 Å². The summed E-state index contributed by atoms with van der Waals surface area (Å²) in [7, 11) is 0. The van der Waals surface area contributed by atoms with E-state index in [0.29, 0.717) is 6.42 Å². The molecular formula is C27H22F3N3O5. The summed E-state index contributed by atoms with van der Waals surface area (Å²) in [6.07, 6.45) is -3.20. The van der Waals surface area contributed by atoms with Gasteiger partial charge in [-0.25, -0.2) is 4.98 Å². The quantitative estimate of drug-likeness (QED) is 0.317. The topological polar surface area (TPSA) is 122 Å². The Hall–Kier alpha value is -4.67. The van der Waals surface area contributed by atoms with Crippen LogP contribution in [0.4, 0.5) is 13.2 Å². The number of nitrogens with zero attached hydrogens (tertiary/aromatic N) is 2. The van der Waals surface area contributed by atoms with Crippen LogP contribution in [0.15, 0.2) is 71.7 Å². The molecule has 0 atom stereocenters. The van der Waals surface area contributed by atoms with Crippen LogP contribution in [0.1, 0.15) is 28.0 Å². The number of rotatable bonds is 8. The number of amides is 1. The van der Waals surface area contributed by atoms with Gasteiger partial charge in [-0.1, -0.05) is 42.5 Å². The highest BCUT2D eigenvalue weighted by atomic mass is 19.4. The lowest BCUT2D eigenvalue weighted by Crippen LogP contribution is -2.27. The number of pyridine rings is 2. The van der Waals surface area contributed by atoms with Crippen molar-refractivity contribution < 1.29 is 33.0 Å².